The van der Waals surface area contributed by atoms with Crippen LogP contribution >= 0.6 is 0 Å². The third-order valence-electron chi connectivity index (χ3n) is 5.25. The Labute approximate surface area is 160 Å². The number of fused-ring (bicyclic) bond motifs is 1. The molecule has 2 aromatic carbocycles. The first-order valence-corrected chi connectivity index (χ1v) is 19.1. The second kappa shape index (κ2) is 8.29. The predicted octanol–water partition coefficient (Wildman–Crippen LogP) is 6.06. The molecule has 0 amide bonds. The van der Waals surface area contributed by atoms with Gasteiger partial charge in [0.1, 0.15) is 0 Å². The molecule has 3 aromatic rings. The molecule has 0 bridgehead atoms. The fourth-order valence-corrected chi connectivity index (χ4v) is 12.8. The summed E-state index contributed by atoms with van der Waals surface area (Å²) >= 11 is -2.98. The van der Waals surface area contributed by atoms with E-state index in [1.165, 1.54) is 0 Å². The maximum absolute atomic E-state index is 13.1. The van der Waals surface area contributed by atoms with Crippen LogP contribution in [0.4, 0.5) is 0 Å². The number of rotatable bonds is 6. The topological polar surface area (TPSA) is 39.2 Å². The van der Waals surface area contributed by atoms with Crippen molar-refractivity contribution in [3.8, 4) is 11.3 Å². The summed E-state index contributed by atoms with van der Waals surface area (Å²) in [6, 6.07) is 19.7. The van der Waals surface area contributed by atoms with Gasteiger partial charge in [-0.3, -0.25) is 0 Å². The normalized spacial score (nSPS) is 11.5. The summed E-state index contributed by atoms with van der Waals surface area (Å²) in [7, 11) is 0. The summed E-state index contributed by atoms with van der Waals surface area (Å²) in [5.74, 6) is -0.173. The summed E-state index contributed by atoms with van der Waals surface area (Å²) in [5, 5.41) is 0.864. The minimum atomic E-state index is -2.98. The molecule has 0 atom stereocenters. The van der Waals surface area contributed by atoms with Crippen molar-refractivity contribution in [1.82, 2.24) is 4.98 Å². The number of pyridine rings is 1. The van der Waals surface area contributed by atoms with Crippen LogP contribution in [0.15, 0.2) is 60.7 Å². The van der Waals surface area contributed by atoms with Crippen LogP contribution in [-0.2, 0) is 2.69 Å². The molecule has 0 aliphatic rings. The Morgan fingerprint density at radius 2 is 1.54 bits per heavy atom. The SMILES string of the molecule is C[CH2][Pb]([CH2]C)([CH2]C)[O]C(=O)c1cc(-c2ccccc2)nc2ccccc12. The fourth-order valence-electron chi connectivity index (χ4n) is 3.32. The van der Waals surface area contributed by atoms with Gasteiger partial charge in [0, 0.05) is 0 Å². The van der Waals surface area contributed by atoms with Crippen LogP contribution in [0.3, 0.4) is 0 Å². The fraction of sp³-hybridized carbons (Fsp3) is 0.273. The van der Waals surface area contributed by atoms with Gasteiger partial charge < -0.3 is 0 Å². The van der Waals surface area contributed by atoms with Crippen LogP contribution in [-0.4, -0.2) is 32.6 Å². The van der Waals surface area contributed by atoms with Gasteiger partial charge in [0.15, 0.2) is 0 Å². The number of para-hydroxylation sites is 1. The molecule has 0 unspecified atom stereocenters. The molecule has 0 aliphatic heterocycles. The Morgan fingerprint density at radius 1 is 0.923 bits per heavy atom. The molecule has 4 heteroatoms. The van der Waals surface area contributed by atoms with Crippen molar-refractivity contribution in [3.63, 3.8) is 0 Å². The van der Waals surface area contributed by atoms with E-state index in [2.05, 4.69) is 20.8 Å². The zero-order valence-electron chi connectivity index (χ0n) is 15.7. The molecule has 0 fully saturated rings. The Balaban J connectivity index is 2.11. The van der Waals surface area contributed by atoms with Gasteiger partial charge >= 0.3 is 161 Å². The predicted molar refractivity (Wildman–Crippen MR) is 110 cm³/mol. The van der Waals surface area contributed by atoms with Gasteiger partial charge in [0.05, 0.1) is 0 Å². The van der Waals surface area contributed by atoms with E-state index in [1.807, 2.05) is 60.7 Å². The van der Waals surface area contributed by atoms with Crippen LogP contribution in [0.5, 0.6) is 0 Å². The number of benzene rings is 2. The van der Waals surface area contributed by atoms with Gasteiger partial charge in [-0.1, -0.05) is 0 Å². The van der Waals surface area contributed by atoms with Crippen molar-refractivity contribution in [2.45, 2.75) is 32.7 Å². The van der Waals surface area contributed by atoms with Crippen molar-refractivity contribution < 1.29 is 7.48 Å². The zero-order chi connectivity index (χ0) is 18.6. The summed E-state index contributed by atoms with van der Waals surface area (Å²) < 4.78 is 9.31. The average Bonchev–Trinajstić information content (AvgIpc) is 2.71. The Bertz CT molecular complexity index is 896. The Hall–Kier alpha value is -1.76. The van der Waals surface area contributed by atoms with Crippen LogP contribution < -0.4 is 0 Å². The number of aromatic nitrogens is 1. The molecule has 0 radical (unpaired) electrons. The van der Waals surface area contributed by atoms with Crippen LogP contribution in [0.2, 0.25) is 11.9 Å². The molecule has 134 valence electrons. The Morgan fingerprint density at radius 3 is 2.19 bits per heavy atom. The average molecular weight is 543 g/mol. The van der Waals surface area contributed by atoms with Crippen molar-refractivity contribution in [2.75, 3.05) is 0 Å². The second-order valence-electron chi connectivity index (χ2n) is 6.57. The summed E-state index contributed by atoms with van der Waals surface area (Å²) in [4.78, 5) is 17.9. The van der Waals surface area contributed by atoms with Crippen LogP contribution in [0.25, 0.3) is 22.2 Å². The molecule has 0 spiro atoms. The third-order valence-corrected chi connectivity index (χ3v) is 22.7. The van der Waals surface area contributed by atoms with Gasteiger partial charge in [0.25, 0.3) is 0 Å². The molecule has 0 aliphatic carbocycles. The molecule has 1 heterocycles. The van der Waals surface area contributed by atoms with Gasteiger partial charge in [-0.2, -0.15) is 0 Å². The zero-order valence-corrected chi connectivity index (χ0v) is 19.5. The standard InChI is InChI=1S/C16H11NO2.3C2H5.Pb/c18-16(19)13-10-15(11-6-2-1-3-7-11)17-14-9-5-4-8-12(13)14;3*1-2;/h1-10H,(H,18,19);3*1H2,2H3;/q;;;;+1/p-1. The van der Waals surface area contributed by atoms with E-state index >= 15 is 0 Å². The molecule has 1 aromatic heterocycles. The monoisotopic (exact) mass is 543 g/mol. The summed E-state index contributed by atoms with van der Waals surface area (Å²) in [6.45, 7) is 6.51. The first kappa shape index (κ1) is 19.0. The number of hydrogen-bond donors (Lipinski definition) is 0. The van der Waals surface area contributed by atoms with E-state index in [1.54, 1.807) is 0 Å². The molecule has 26 heavy (non-hydrogen) atoms. The van der Waals surface area contributed by atoms with Crippen LogP contribution in [0.1, 0.15) is 31.1 Å². The quantitative estimate of drug-likeness (QED) is 0.356. The molecular formula is C22H25NO2Pb. The maximum atomic E-state index is 13.1. The van der Waals surface area contributed by atoms with Gasteiger partial charge in [-0.25, -0.2) is 0 Å². The third kappa shape index (κ3) is 3.82. The Kier molecular flexibility index (Phi) is 6.06. The van der Waals surface area contributed by atoms with E-state index < -0.39 is 21.6 Å². The number of hydrogen-bond acceptors (Lipinski definition) is 3. The van der Waals surface area contributed by atoms with E-state index in [-0.39, 0.29) is 5.97 Å². The minimum absolute atomic E-state index is 0.173. The van der Waals surface area contributed by atoms with Gasteiger partial charge in [0.2, 0.25) is 0 Å². The number of carbonyl (C=O) groups excluding carboxylic acids is 1. The van der Waals surface area contributed by atoms with Crippen molar-refractivity contribution in [3.05, 3.63) is 66.2 Å². The summed E-state index contributed by atoms with van der Waals surface area (Å²) in [6.07, 6.45) is 0. The van der Waals surface area contributed by atoms with Crippen LogP contribution in [0, 0.1) is 0 Å². The van der Waals surface area contributed by atoms with Gasteiger partial charge in [-0.15, -0.1) is 0 Å². The molecule has 0 N–H and O–H groups in total. The molecule has 0 saturated heterocycles. The number of nitrogens with zero attached hydrogens (tertiary/aromatic N) is 1. The molecule has 0 saturated carbocycles. The molecule has 3 rings (SSSR count). The molecular weight excluding hydrogens is 517 g/mol. The second-order valence-corrected chi connectivity index (χ2v) is 24.8. The summed E-state index contributed by atoms with van der Waals surface area (Å²) in [5.41, 5.74) is 3.27. The number of carbonyl (C=O) groups is 1. The first-order chi connectivity index (χ1) is 12.6. The van der Waals surface area contributed by atoms with E-state index in [4.69, 9.17) is 7.67 Å². The van der Waals surface area contributed by atoms with E-state index in [0.29, 0.717) is 5.56 Å². The van der Waals surface area contributed by atoms with Crippen molar-refractivity contribution in [1.29, 1.82) is 0 Å². The van der Waals surface area contributed by atoms with Gasteiger partial charge in [-0.05, 0) is 0 Å². The van der Waals surface area contributed by atoms with E-state index in [0.717, 1.165) is 34.1 Å². The van der Waals surface area contributed by atoms with Crippen molar-refractivity contribution in [2.24, 2.45) is 0 Å². The molecule has 3 nitrogen and oxygen atoms in total. The first-order valence-electron chi connectivity index (χ1n) is 9.31. The van der Waals surface area contributed by atoms with Crippen molar-refractivity contribution >= 4 is 38.5 Å². The van der Waals surface area contributed by atoms with E-state index in [9.17, 15) is 4.79 Å².